The van der Waals surface area contributed by atoms with Gasteiger partial charge in [0, 0.05) is 22.7 Å². The van der Waals surface area contributed by atoms with Crippen LogP contribution in [0.3, 0.4) is 0 Å². The second-order valence-corrected chi connectivity index (χ2v) is 7.37. The summed E-state index contributed by atoms with van der Waals surface area (Å²) in [6.45, 7) is 0. The molecule has 7 heteroatoms. The molecule has 0 fully saturated rings. The Bertz CT molecular complexity index is 1060. The second kappa shape index (κ2) is 8.13. The van der Waals surface area contributed by atoms with Gasteiger partial charge in [0.2, 0.25) is 0 Å². The maximum absolute atomic E-state index is 12.3. The third kappa shape index (κ3) is 4.50. The number of benzene rings is 3. The molecule has 1 heterocycles. The molecule has 0 saturated heterocycles. The molecule has 3 aromatic carbocycles. The van der Waals surface area contributed by atoms with Gasteiger partial charge in [0.05, 0.1) is 6.10 Å². The van der Waals surface area contributed by atoms with Gasteiger partial charge in [-0.05, 0) is 34.9 Å². The van der Waals surface area contributed by atoms with Crippen LogP contribution in [0.5, 0.6) is 5.75 Å². The van der Waals surface area contributed by atoms with Crippen LogP contribution in [0.4, 0.5) is 13.2 Å². The van der Waals surface area contributed by atoms with E-state index in [1.165, 1.54) is 12.1 Å². The fourth-order valence-corrected chi connectivity index (χ4v) is 3.75. The van der Waals surface area contributed by atoms with Gasteiger partial charge in [-0.3, -0.25) is 4.99 Å². The second-order valence-electron chi connectivity index (χ2n) is 6.97. The molecule has 3 aromatic rings. The summed E-state index contributed by atoms with van der Waals surface area (Å²) in [7, 11) is 0. The Morgan fingerprint density at radius 2 is 1.50 bits per heavy atom. The Hall–Kier alpha value is -2.83. The van der Waals surface area contributed by atoms with Gasteiger partial charge in [-0.15, -0.1) is 13.2 Å². The fraction of sp³-hybridized carbons (Fsp3) is 0.174. The number of aliphatic imine (C=N–C) groups is 1. The molecule has 154 valence electrons. The number of aliphatic hydroxyl groups excluding tert-OH is 1. The van der Waals surface area contributed by atoms with Gasteiger partial charge >= 0.3 is 6.36 Å². The molecule has 4 rings (SSSR count). The number of rotatable bonds is 4. The molecule has 0 spiro atoms. The smallest absolute Gasteiger partial charge is 0.406 e. The van der Waals surface area contributed by atoms with Crippen molar-refractivity contribution in [2.45, 2.75) is 24.9 Å². The highest BCUT2D eigenvalue weighted by atomic mass is 35.5. The highest BCUT2D eigenvalue weighted by Crippen LogP contribution is 2.34. The molecular weight excluding hydrogens is 415 g/mol. The first-order chi connectivity index (χ1) is 14.3. The summed E-state index contributed by atoms with van der Waals surface area (Å²) in [5.74, 6) is -0.265. The van der Waals surface area contributed by atoms with Gasteiger partial charge in [-0.25, -0.2) is 0 Å². The van der Waals surface area contributed by atoms with Crippen molar-refractivity contribution >= 4 is 17.3 Å². The molecule has 0 aromatic heterocycles. The van der Waals surface area contributed by atoms with Crippen LogP contribution in [-0.2, 0) is 0 Å². The molecule has 0 aliphatic carbocycles. The van der Waals surface area contributed by atoms with Crippen LogP contribution >= 0.6 is 11.6 Å². The molecule has 2 unspecified atom stereocenters. The van der Waals surface area contributed by atoms with Crippen molar-refractivity contribution in [1.82, 2.24) is 0 Å². The molecule has 1 aliphatic rings. The molecule has 3 nitrogen and oxygen atoms in total. The lowest BCUT2D eigenvalue weighted by atomic mass is 9.97. The molecule has 1 aliphatic heterocycles. The maximum atomic E-state index is 12.3. The topological polar surface area (TPSA) is 41.8 Å². The van der Waals surface area contributed by atoms with Gasteiger partial charge in [-0.2, -0.15) is 0 Å². The van der Waals surface area contributed by atoms with Crippen molar-refractivity contribution in [1.29, 1.82) is 0 Å². The first kappa shape index (κ1) is 20.4. The first-order valence-corrected chi connectivity index (χ1v) is 9.64. The lowest BCUT2D eigenvalue weighted by molar-refractivity contribution is -0.274. The number of alkyl halides is 3. The van der Waals surface area contributed by atoms with E-state index in [1.54, 1.807) is 18.2 Å². The van der Waals surface area contributed by atoms with E-state index in [0.29, 0.717) is 11.4 Å². The maximum Gasteiger partial charge on any atom is 0.573 e. The molecule has 0 saturated carbocycles. The minimum Gasteiger partial charge on any atom is -0.406 e. The van der Waals surface area contributed by atoms with E-state index < -0.39 is 18.5 Å². The summed E-state index contributed by atoms with van der Waals surface area (Å²) in [6, 6.07) is 20.1. The molecule has 30 heavy (non-hydrogen) atoms. The highest BCUT2D eigenvalue weighted by Gasteiger charge is 2.31. The van der Waals surface area contributed by atoms with E-state index in [4.69, 9.17) is 11.6 Å². The number of halogens is 4. The van der Waals surface area contributed by atoms with Gasteiger partial charge in [-0.1, -0.05) is 66.2 Å². The average molecular weight is 432 g/mol. The minimum absolute atomic E-state index is 0.265. The third-order valence-corrected chi connectivity index (χ3v) is 5.25. The van der Waals surface area contributed by atoms with E-state index in [2.05, 4.69) is 9.73 Å². The van der Waals surface area contributed by atoms with Crippen molar-refractivity contribution < 1.29 is 23.0 Å². The van der Waals surface area contributed by atoms with E-state index >= 15 is 0 Å². The Morgan fingerprint density at radius 3 is 2.10 bits per heavy atom. The van der Waals surface area contributed by atoms with E-state index in [9.17, 15) is 18.3 Å². The SMILES string of the molecule is OC1CC(c2ccccc2Cl)=NC1c1ccc(-c2ccc(OC(F)(F)F)cc2)cc1. The lowest BCUT2D eigenvalue weighted by Gasteiger charge is -2.13. The predicted octanol–water partition coefficient (Wildman–Crippen LogP) is 6.20. The van der Waals surface area contributed by atoms with Crippen LogP contribution in [0.2, 0.25) is 5.02 Å². The van der Waals surface area contributed by atoms with Crippen LogP contribution < -0.4 is 4.74 Å². The molecule has 0 radical (unpaired) electrons. The number of aliphatic hydroxyl groups is 1. The lowest BCUT2D eigenvalue weighted by Crippen LogP contribution is -2.16. The van der Waals surface area contributed by atoms with Gasteiger partial charge < -0.3 is 9.84 Å². The van der Waals surface area contributed by atoms with Gasteiger partial charge in [0.1, 0.15) is 11.8 Å². The summed E-state index contributed by atoms with van der Waals surface area (Å²) >= 11 is 6.25. The van der Waals surface area contributed by atoms with Crippen LogP contribution in [-0.4, -0.2) is 23.3 Å². The summed E-state index contributed by atoms with van der Waals surface area (Å²) < 4.78 is 40.8. The van der Waals surface area contributed by atoms with E-state index in [0.717, 1.165) is 28.0 Å². The molecule has 0 amide bonds. The van der Waals surface area contributed by atoms with Crippen LogP contribution in [0.25, 0.3) is 11.1 Å². The van der Waals surface area contributed by atoms with Crippen LogP contribution in [0.1, 0.15) is 23.6 Å². The number of hydrogen-bond donors (Lipinski definition) is 1. The summed E-state index contributed by atoms with van der Waals surface area (Å²) in [6.07, 6.45) is -4.95. The normalized spacial score (nSPS) is 18.9. The van der Waals surface area contributed by atoms with E-state index in [1.807, 2.05) is 42.5 Å². The fourth-order valence-electron chi connectivity index (χ4n) is 3.51. The van der Waals surface area contributed by atoms with Crippen molar-refractivity contribution in [3.05, 3.63) is 88.9 Å². The summed E-state index contributed by atoms with van der Waals surface area (Å²) in [5, 5.41) is 11.1. The standard InChI is InChI=1S/C23H17ClF3NO2/c24-19-4-2-1-3-18(19)20-13-21(29)22(28-20)16-7-5-14(6-8-16)15-9-11-17(12-10-15)30-23(25,26)27/h1-12,21-22,29H,13H2. The number of nitrogens with zero attached hydrogens (tertiary/aromatic N) is 1. The average Bonchev–Trinajstić information content (AvgIpc) is 3.09. The van der Waals surface area contributed by atoms with Crippen molar-refractivity contribution in [3.8, 4) is 16.9 Å². The highest BCUT2D eigenvalue weighted by molar-refractivity contribution is 6.34. The van der Waals surface area contributed by atoms with Gasteiger partial charge in [0.25, 0.3) is 0 Å². The van der Waals surface area contributed by atoms with Crippen LogP contribution in [0.15, 0.2) is 77.8 Å². The molecule has 1 N–H and O–H groups in total. The van der Waals surface area contributed by atoms with Crippen molar-refractivity contribution in [2.75, 3.05) is 0 Å². The summed E-state index contributed by atoms with van der Waals surface area (Å²) in [5.41, 5.74) is 4.02. The van der Waals surface area contributed by atoms with E-state index in [-0.39, 0.29) is 5.75 Å². The third-order valence-electron chi connectivity index (χ3n) is 4.92. The Labute approximate surface area is 176 Å². The predicted molar refractivity (Wildman–Crippen MR) is 110 cm³/mol. The van der Waals surface area contributed by atoms with Crippen molar-refractivity contribution in [2.24, 2.45) is 4.99 Å². The van der Waals surface area contributed by atoms with Crippen molar-refractivity contribution in [3.63, 3.8) is 0 Å². The molecular formula is C23H17ClF3NO2. The minimum atomic E-state index is -4.71. The zero-order chi connectivity index (χ0) is 21.3. The first-order valence-electron chi connectivity index (χ1n) is 9.26. The number of ether oxygens (including phenoxy) is 1. The zero-order valence-electron chi connectivity index (χ0n) is 15.6. The Balaban J connectivity index is 1.53. The summed E-state index contributed by atoms with van der Waals surface area (Å²) in [4.78, 5) is 4.68. The number of hydrogen-bond acceptors (Lipinski definition) is 3. The largest absolute Gasteiger partial charge is 0.573 e. The quantitative estimate of drug-likeness (QED) is 0.534. The Kier molecular flexibility index (Phi) is 5.54. The van der Waals surface area contributed by atoms with Crippen LogP contribution in [0, 0.1) is 0 Å². The van der Waals surface area contributed by atoms with Gasteiger partial charge in [0.15, 0.2) is 0 Å². The molecule has 2 atom stereocenters. The zero-order valence-corrected chi connectivity index (χ0v) is 16.4. The molecule has 0 bridgehead atoms. The Morgan fingerprint density at radius 1 is 0.900 bits per heavy atom. The monoisotopic (exact) mass is 431 g/mol.